The fourth-order valence-corrected chi connectivity index (χ4v) is 3.74. The maximum Gasteiger partial charge on any atom is 0.223 e. The van der Waals surface area contributed by atoms with Crippen molar-refractivity contribution in [2.24, 2.45) is 5.92 Å². The van der Waals surface area contributed by atoms with Gasteiger partial charge in [-0.15, -0.1) is 0 Å². The molecule has 2 fully saturated rings. The molecule has 0 radical (unpaired) electrons. The number of rotatable bonds is 5. The maximum absolute atomic E-state index is 13.2. The van der Waals surface area contributed by atoms with Crippen LogP contribution in [0.2, 0.25) is 0 Å². The number of nitrogens with one attached hydrogen (secondary N) is 1. The lowest BCUT2D eigenvalue weighted by Gasteiger charge is -2.35. The number of carbonyl (C=O) groups excluding carboxylic acids is 1. The van der Waals surface area contributed by atoms with Crippen LogP contribution in [0.4, 0.5) is 4.39 Å². The van der Waals surface area contributed by atoms with Gasteiger partial charge >= 0.3 is 0 Å². The van der Waals surface area contributed by atoms with Crippen LogP contribution < -0.4 is 5.32 Å². The van der Waals surface area contributed by atoms with Gasteiger partial charge in [-0.1, -0.05) is 31.4 Å². The Balaban J connectivity index is 1.64. The molecule has 24 heavy (non-hydrogen) atoms. The van der Waals surface area contributed by atoms with Crippen molar-refractivity contribution in [3.8, 4) is 0 Å². The third-order valence-electron chi connectivity index (χ3n) is 5.19. The molecule has 1 aliphatic heterocycles. The molecule has 1 aromatic rings. The van der Waals surface area contributed by atoms with E-state index in [4.69, 9.17) is 4.74 Å². The summed E-state index contributed by atoms with van der Waals surface area (Å²) in [5, 5.41) is 3.15. The average Bonchev–Trinajstić information content (AvgIpc) is 2.65. The zero-order valence-corrected chi connectivity index (χ0v) is 14.2. The molecule has 1 aliphatic carbocycles. The standard InChI is InChI=1S/C19H27FN2O2/c20-17-8-6-15(7-9-17)18(22-10-12-24-13-11-22)14-21-19(23)16-4-2-1-3-5-16/h6-9,16,18H,1-5,10-14H2,(H,21,23)/t18-/m1/s1. The SMILES string of the molecule is O=C(NC[C@H](c1ccc(F)cc1)N1CCOCC1)C1CCCCC1. The van der Waals surface area contributed by atoms with Gasteiger partial charge in [0.05, 0.1) is 19.3 Å². The summed E-state index contributed by atoms with van der Waals surface area (Å²) in [6.07, 6.45) is 5.57. The number of nitrogens with zero attached hydrogens (tertiary/aromatic N) is 1. The van der Waals surface area contributed by atoms with E-state index in [9.17, 15) is 9.18 Å². The van der Waals surface area contributed by atoms with Gasteiger partial charge in [-0.3, -0.25) is 9.69 Å². The van der Waals surface area contributed by atoms with Crippen molar-refractivity contribution in [2.45, 2.75) is 38.1 Å². The molecule has 1 aromatic carbocycles. The highest BCUT2D eigenvalue weighted by Crippen LogP contribution is 2.25. The summed E-state index contributed by atoms with van der Waals surface area (Å²) in [6, 6.07) is 6.70. The van der Waals surface area contributed by atoms with Gasteiger partial charge in [0.1, 0.15) is 5.82 Å². The van der Waals surface area contributed by atoms with E-state index in [0.717, 1.165) is 44.3 Å². The van der Waals surface area contributed by atoms with Crippen molar-refractivity contribution in [3.63, 3.8) is 0 Å². The highest BCUT2D eigenvalue weighted by atomic mass is 19.1. The fourth-order valence-electron chi connectivity index (χ4n) is 3.74. The molecule has 1 heterocycles. The molecule has 0 unspecified atom stereocenters. The van der Waals surface area contributed by atoms with Gasteiger partial charge < -0.3 is 10.1 Å². The van der Waals surface area contributed by atoms with Gasteiger partial charge in [-0.2, -0.15) is 0 Å². The number of morpholine rings is 1. The Bertz CT molecular complexity index is 523. The van der Waals surface area contributed by atoms with E-state index >= 15 is 0 Å². The smallest absolute Gasteiger partial charge is 0.223 e. The van der Waals surface area contributed by atoms with Crippen molar-refractivity contribution in [2.75, 3.05) is 32.8 Å². The molecule has 2 aliphatic rings. The van der Waals surface area contributed by atoms with Gasteiger partial charge in [0, 0.05) is 25.6 Å². The highest BCUT2D eigenvalue weighted by molar-refractivity contribution is 5.78. The summed E-state index contributed by atoms with van der Waals surface area (Å²) in [5.74, 6) is 0.109. The minimum Gasteiger partial charge on any atom is -0.379 e. The van der Waals surface area contributed by atoms with Crippen molar-refractivity contribution >= 4 is 5.91 Å². The van der Waals surface area contributed by atoms with Crippen molar-refractivity contribution < 1.29 is 13.9 Å². The second kappa shape index (κ2) is 8.58. The number of halogens is 1. The van der Waals surface area contributed by atoms with Gasteiger partial charge in [-0.25, -0.2) is 4.39 Å². The minimum atomic E-state index is -0.231. The van der Waals surface area contributed by atoms with Crippen molar-refractivity contribution in [1.82, 2.24) is 10.2 Å². The van der Waals surface area contributed by atoms with Gasteiger partial charge in [0.2, 0.25) is 5.91 Å². The first-order valence-corrected chi connectivity index (χ1v) is 9.09. The molecule has 1 saturated heterocycles. The normalized spacial score (nSPS) is 21.4. The average molecular weight is 334 g/mol. The van der Waals surface area contributed by atoms with Crippen molar-refractivity contribution in [1.29, 1.82) is 0 Å². The van der Waals surface area contributed by atoms with Crippen LogP contribution in [0.5, 0.6) is 0 Å². The Kier molecular flexibility index (Phi) is 6.21. The number of carbonyl (C=O) groups is 1. The lowest BCUT2D eigenvalue weighted by atomic mass is 9.88. The second-order valence-corrected chi connectivity index (χ2v) is 6.80. The van der Waals surface area contributed by atoms with E-state index in [1.165, 1.54) is 18.6 Å². The highest BCUT2D eigenvalue weighted by Gasteiger charge is 2.26. The molecule has 1 amide bonds. The Labute approximate surface area is 143 Å². The summed E-state index contributed by atoms with van der Waals surface area (Å²) >= 11 is 0. The molecule has 4 nitrogen and oxygen atoms in total. The Morgan fingerprint density at radius 2 is 1.83 bits per heavy atom. The van der Waals surface area contributed by atoms with Crippen LogP contribution in [-0.4, -0.2) is 43.7 Å². The van der Waals surface area contributed by atoms with E-state index in [1.807, 2.05) is 12.1 Å². The monoisotopic (exact) mass is 334 g/mol. The number of benzene rings is 1. The number of hydrogen-bond donors (Lipinski definition) is 1. The quantitative estimate of drug-likeness (QED) is 0.900. The molecule has 1 N–H and O–H groups in total. The summed E-state index contributed by atoms with van der Waals surface area (Å²) in [7, 11) is 0. The third kappa shape index (κ3) is 4.54. The third-order valence-corrected chi connectivity index (χ3v) is 5.19. The van der Waals surface area contributed by atoms with E-state index in [0.29, 0.717) is 19.8 Å². The molecule has 3 rings (SSSR count). The molecule has 5 heteroatoms. The Morgan fingerprint density at radius 3 is 2.50 bits per heavy atom. The predicted molar refractivity (Wildman–Crippen MR) is 91.1 cm³/mol. The lowest BCUT2D eigenvalue weighted by molar-refractivity contribution is -0.126. The number of hydrogen-bond acceptors (Lipinski definition) is 3. The molecular weight excluding hydrogens is 307 g/mol. The molecule has 0 bridgehead atoms. The van der Waals surface area contributed by atoms with Crippen LogP contribution in [-0.2, 0) is 9.53 Å². The zero-order valence-electron chi connectivity index (χ0n) is 14.2. The minimum absolute atomic E-state index is 0.0713. The number of amides is 1. The van der Waals surface area contributed by atoms with Gasteiger partial charge in [-0.05, 0) is 30.5 Å². The first-order chi connectivity index (χ1) is 11.7. The van der Waals surface area contributed by atoms with E-state index < -0.39 is 0 Å². The summed E-state index contributed by atoms with van der Waals surface area (Å²) in [4.78, 5) is 14.8. The van der Waals surface area contributed by atoms with Crippen molar-refractivity contribution in [3.05, 3.63) is 35.6 Å². The lowest BCUT2D eigenvalue weighted by Crippen LogP contribution is -2.44. The Hall–Kier alpha value is -1.46. The molecular formula is C19H27FN2O2. The van der Waals surface area contributed by atoms with E-state index in [-0.39, 0.29) is 23.7 Å². The molecule has 0 spiro atoms. The predicted octanol–water partition coefficient (Wildman–Crippen LogP) is 2.90. The molecule has 1 atom stereocenters. The van der Waals surface area contributed by atoms with Crippen LogP contribution in [0.3, 0.4) is 0 Å². The van der Waals surface area contributed by atoms with Crippen LogP contribution in [0.25, 0.3) is 0 Å². The van der Waals surface area contributed by atoms with Gasteiger partial charge in [0.15, 0.2) is 0 Å². The van der Waals surface area contributed by atoms with Crippen LogP contribution in [0, 0.1) is 11.7 Å². The molecule has 0 aromatic heterocycles. The first-order valence-electron chi connectivity index (χ1n) is 9.09. The maximum atomic E-state index is 13.2. The van der Waals surface area contributed by atoms with Crippen LogP contribution in [0.15, 0.2) is 24.3 Å². The van der Waals surface area contributed by atoms with Crippen LogP contribution in [0.1, 0.15) is 43.7 Å². The largest absolute Gasteiger partial charge is 0.379 e. The summed E-state index contributed by atoms with van der Waals surface area (Å²) in [5.41, 5.74) is 1.04. The second-order valence-electron chi connectivity index (χ2n) is 6.80. The zero-order chi connectivity index (χ0) is 16.8. The number of ether oxygens (including phenoxy) is 1. The molecule has 132 valence electrons. The fraction of sp³-hybridized carbons (Fsp3) is 0.632. The summed E-state index contributed by atoms with van der Waals surface area (Å²) < 4.78 is 18.7. The Morgan fingerprint density at radius 1 is 1.17 bits per heavy atom. The van der Waals surface area contributed by atoms with E-state index in [2.05, 4.69) is 10.2 Å². The van der Waals surface area contributed by atoms with Gasteiger partial charge in [0.25, 0.3) is 0 Å². The summed E-state index contributed by atoms with van der Waals surface area (Å²) in [6.45, 7) is 3.65. The first kappa shape index (κ1) is 17.4. The topological polar surface area (TPSA) is 41.6 Å². The van der Waals surface area contributed by atoms with Crippen LogP contribution >= 0.6 is 0 Å². The van der Waals surface area contributed by atoms with E-state index in [1.54, 1.807) is 0 Å². The molecule has 1 saturated carbocycles.